The third-order valence-electron chi connectivity index (χ3n) is 2.24. The SMILES string of the molecule is CC(CCN)C(=O)Nc1ccc(F)cc1I. The molecule has 1 aromatic carbocycles. The third kappa shape index (κ3) is 3.71. The molecule has 88 valence electrons. The summed E-state index contributed by atoms with van der Waals surface area (Å²) in [4.78, 5) is 11.7. The van der Waals surface area contributed by atoms with Crippen molar-refractivity contribution in [2.45, 2.75) is 13.3 Å². The number of carbonyl (C=O) groups excluding carboxylic acids is 1. The van der Waals surface area contributed by atoms with Crippen molar-refractivity contribution >= 4 is 34.2 Å². The van der Waals surface area contributed by atoms with Gasteiger partial charge >= 0.3 is 0 Å². The summed E-state index contributed by atoms with van der Waals surface area (Å²) in [6.07, 6.45) is 0.642. The van der Waals surface area contributed by atoms with Crippen LogP contribution in [0.25, 0.3) is 0 Å². The molecule has 0 aliphatic rings. The summed E-state index contributed by atoms with van der Waals surface area (Å²) in [6.45, 7) is 2.30. The number of halogens is 2. The highest BCUT2D eigenvalue weighted by atomic mass is 127. The largest absolute Gasteiger partial charge is 0.330 e. The van der Waals surface area contributed by atoms with Crippen LogP contribution in [-0.4, -0.2) is 12.5 Å². The molecule has 1 unspecified atom stereocenters. The first-order valence-electron chi connectivity index (χ1n) is 5.00. The molecule has 0 saturated heterocycles. The predicted molar refractivity (Wildman–Crippen MR) is 70.6 cm³/mol. The van der Waals surface area contributed by atoms with Crippen molar-refractivity contribution in [3.63, 3.8) is 0 Å². The molecule has 0 aliphatic carbocycles. The Morgan fingerprint density at radius 3 is 2.88 bits per heavy atom. The number of nitrogens with two attached hydrogens (primary N) is 1. The van der Waals surface area contributed by atoms with Gasteiger partial charge in [0.1, 0.15) is 5.82 Å². The minimum Gasteiger partial charge on any atom is -0.330 e. The first-order valence-corrected chi connectivity index (χ1v) is 6.08. The molecule has 1 atom stereocenters. The molecule has 1 amide bonds. The molecule has 0 bridgehead atoms. The lowest BCUT2D eigenvalue weighted by Gasteiger charge is -2.12. The topological polar surface area (TPSA) is 55.1 Å². The van der Waals surface area contributed by atoms with Crippen molar-refractivity contribution in [3.8, 4) is 0 Å². The highest BCUT2D eigenvalue weighted by Gasteiger charge is 2.13. The van der Waals surface area contributed by atoms with Gasteiger partial charge in [0.05, 0.1) is 5.69 Å². The van der Waals surface area contributed by atoms with E-state index in [2.05, 4.69) is 5.32 Å². The summed E-state index contributed by atoms with van der Waals surface area (Å²) in [7, 11) is 0. The standard InChI is InChI=1S/C11H14FIN2O/c1-7(4-5-14)11(16)15-10-3-2-8(12)6-9(10)13/h2-3,6-7H,4-5,14H2,1H3,(H,15,16). The van der Waals surface area contributed by atoms with E-state index < -0.39 is 0 Å². The fourth-order valence-corrected chi connectivity index (χ4v) is 1.84. The smallest absolute Gasteiger partial charge is 0.227 e. The lowest BCUT2D eigenvalue weighted by Crippen LogP contribution is -2.23. The van der Waals surface area contributed by atoms with Crippen LogP contribution in [0.3, 0.4) is 0 Å². The van der Waals surface area contributed by atoms with Crippen LogP contribution < -0.4 is 11.1 Å². The number of hydrogen-bond acceptors (Lipinski definition) is 2. The molecule has 0 heterocycles. The van der Waals surface area contributed by atoms with Crippen LogP contribution in [0.4, 0.5) is 10.1 Å². The second-order valence-corrected chi connectivity index (χ2v) is 4.75. The summed E-state index contributed by atoms with van der Waals surface area (Å²) < 4.78 is 13.5. The average Bonchev–Trinajstić information content (AvgIpc) is 2.22. The molecule has 16 heavy (non-hydrogen) atoms. The molecule has 0 spiro atoms. The van der Waals surface area contributed by atoms with Crippen LogP contribution in [-0.2, 0) is 4.79 Å². The summed E-state index contributed by atoms with van der Waals surface area (Å²) in [5.41, 5.74) is 6.01. The van der Waals surface area contributed by atoms with Gasteiger partial charge in [-0.15, -0.1) is 0 Å². The van der Waals surface area contributed by atoms with E-state index in [0.717, 1.165) is 0 Å². The van der Waals surface area contributed by atoms with E-state index >= 15 is 0 Å². The maximum Gasteiger partial charge on any atom is 0.227 e. The molecule has 1 rings (SSSR count). The molecule has 3 N–H and O–H groups in total. The lowest BCUT2D eigenvalue weighted by atomic mass is 10.1. The van der Waals surface area contributed by atoms with E-state index in [0.29, 0.717) is 22.2 Å². The Kier molecular flexibility index (Phi) is 5.14. The molecular weight excluding hydrogens is 322 g/mol. The summed E-state index contributed by atoms with van der Waals surface area (Å²) >= 11 is 1.98. The lowest BCUT2D eigenvalue weighted by molar-refractivity contribution is -0.119. The van der Waals surface area contributed by atoms with Gasteiger partial charge in [-0.05, 0) is 53.8 Å². The van der Waals surface area contributed by atoms with E-state index in [9.17, 15) is 9.18 Å². The summed E-state index contributed by atoms with van der Waals surface area (Å²) in [5.74, 6) is -0.529. The van der Waals surface area contributed by atoms with Crippen molar-refractivity contribution in [1.82, 2.24) is 0 Å². The first kappa shape index (κ1) is 13.4. The van der Waals surface area contributed by atoms with Gasteiger partial charge in [-0.1, -0.05) is 6.92 Å². The minimum atomic E-state index is -0.308. The zero-order valence-corrected chi connectivity index (χ0v) is 11.1. The van der Waals surface area contributed by atoms with Gasteiger partial charge in [-0.2, -0.15) is 0 Å². The second-order valence-electron chi connectivity index (χ2n) is 3.59. The monoisotopic (exact) mass is 336 g/mol. The Morgan fingerprint density at radius 2 is 2.31 bits per heavy atom. The van der Waals surface area contributed by atoms with E-state index in [-0.39, 0.29) is 17.6 Å². The van der Waals surface area contributed by atoms with Gasteiger partial charge in [0.2, 0.25) is 5.91 Å². The van der Waals surface area contributed by atoms with Crippen molar-refractivity contribution < 1.29 is 9.18 Å². The van der Waals surface area contributed by atoms with E-state index in [1.54, 1.807) is 6.07 Å². The highest BCUT2D eigenvalue weighted by Crippen LogP contribution is 2.19. The zero-order valence-electron chi connectivity index (χ0n) is 8.97. The molecule has 0 aromatic heterocycles. The quantitative estimate of drug-likeness (QED) is 0.830. The summed E-state index contributed by atoms with van der Waals surface area (Å²) in [6, 6.07) is 4.26. The Hall–Kier alpha value is -0.690. The van der Waals surface area contributed by atoms with Crippen molar-refractivity contribution in [3.05, 3.63) is 27.6 Å². The number of amides is 1. The van der Waals surface area contributed by atoms with E-state index in [1.807, 2.05) is 29.5 Å². The molecule has 0 fully saturated rings. The molecule has 0 radical (unpaired) electrons. The van der Waals surface area contributed by atoms with Gasteiger partial charge in [-0.25, -0.2) is 4.39 Å². The van der Waals surface area contributed by atoms with Crippen LogP contribution in [0.5, 0.6) is 0 Å². The number of anilines is 1. The summed E-state index contributed by atoms with van der Waals surface area (Å²) in [5, 5.41) is 2.75. The number of nitrogens with one attached hydrogen (secondary N) is 1. The number of benzene rings is 1. The maximum absolute atomic E-state index is 12.8. The normalized spacial score (nSPS) is 12.2. The second kappa shape index (κ2) is 6.15. The van der Waals surface area contributed by atoms with Crippen LogP contribution in [0, 0.1) is 15.3 Å². The van der Waals surface area contributed by atoms with E-state index in [4.69, 9.17) is 5.73 Å². The fourth-order valence-electron chi connectivity index (χ4n) is 1.23. The molecule has 0 saturated carbocycles. The molecule has 3 nitrogen and oxygen atoms in total. The Morgan fingerprint density at radius 1 is 1.62 bits per heavy atom. The molecule has 1 aromatic rings. The van der Waals surface area contributed by atoms with Crippen molar-refractivity contribution in [2.24, 2.45) is 11.7 Å². The maximum atomic E-state index is 12.8. The fraction of sp³-hybridized carbons (Fsp3) is 0.364. The zero-order chi connectivity index (χ0) is 12.1. The van der Waals surface area contributed by atoms with Gasteiger partial charge in [0, 0.05) is 9.49 Å². The van der Waals surface area contributed by atoms with Crippen LogP contribution in [0.1, 0.15) is 13.3 Å². The molecule has 0 aliphatic heterocycles. The van der Waals surface area contributed by atoms with Crippen LogP contribution in [0.15, 0.2) is 18.2 Å². The van der Waals surface area contributed by atoms with Gasteiger partial charge in [0.15, 0.2) is 0 Å². The number of hydrogen-bond donors (Lipinski definition) is 2. The number of carbonyl (C=O) groups is 1. The van der Waals surface area contributed by atoms with Crippen molar-refractivity contribution in [1.29, 1.82) is 0 Å². The predicted octanol–water partition coefficient (Wildman–Crippen LogP) is 2.35. The van der Waals surface area contributed by atoms with E-state index in [1.165, 1.54) is 12.1 Å². The van der Waals surface area contributed by atoms with Crippen LogP contribution in [0.2, 0.25) is 0 Å². The van der Waals surface area contributed by atoms with Gasteiger partial charge in [-0.3, -0.25) is 4.79 Å². The molecular formula is C11H14FIN2O. The number of rotatable bonds is 4. The third-order valence-corrected chi connectivity index (χ3v) is 3.13. The molecule has 5 heteroatoms. The highest BCUT2D eigenvalue weighted by molar-refractivity contribution is 14.1. The first-order chi connectivity index (χ1) is 7.54. The van der Waals surface area contributed by atoms with Gasteiger partial charge in [0.25, 0.3) is 0 Å². The Balaban J connectivity index is 2.69. The Bertz CT molecular complexity index is 384. The average molecular weight is 336 g/mol. The Labute approximate surface area is 108 Å². The minimum absolute atomic E-state index is 0.0880. The van der Waals surface area contributed by atoms with Crippen molar-refractivity contribution in [2.75, 3.05) is 11.9 Å². The van der Waals surface area contributed by atoms with Crippen LogP contribution >= 0.6 is 22.6 Å². The van der Waals surface area contributed by atoms with Gasteiger partial charge < -0.3 is 11.1 Å².